The van der Waals surface area contributed by atoms with E-state index in [0.717, 1.165) is 10.6 Å². The number of para-hydroxylation sites is 2. The highest BCUT2D eigenvalue weighted by Gasteiger charge is 2.20. The van der Waals surface area contributed by atoms with E-state index in [1.807, 2.05) is 0 Å². The molecule has 0 heterocycles. The molecule has 0 saturated carbocycles. The predicted octanol–water partition coefficient (Wildman–Crippen LogP) is 3.27. The van der Waals surface area contributed by atoms with Crippen molar-refractivity contribution in [2.75, 3.05) is 22.4 Å². The number of carbonyl (C=O) groups excluding carboxylic acids is 1. The fraction of sp³-hybridized carbons (Fsp3) is 0.188. The normalized spacial score (nSPS) is 11.1. The molecule has 128 valence electrons. The van der Waals surface area contributed by atoms with Gasteiger partial charge in [-0.15, -0.1) is 0 Å². The summed E-state index contributed by atoms with van der Waals surface area (Å²) in [5.41, 5.74) is 0.339. The molecule has 0 aliphatic rings. The smallest absolute Gasteiger partial charge is 0.232 e. The number of carbonyl (C=O) groups is 1. The lowest BCUT2D eigenvalue weighted by molar-refractivity contribution is -0.116. The summed E-state index contributed by atoms with van der Waals surface area (Å²) in [6.07, 6.45) is 0.887. The number of rotatable bonds is 6. The van der Waals surface area contributed by atoms with E-state index in [9.17, 15) is 17.6 Å². The van der Waals surface area contributed by atoms with Crippen LogP contribution in [0.3, 0.4) is 0 Å². The zero-order valence-corrected chi connectivity index (χ0v) is 14.4. The molecule has 0 atom stereocenters. The summed E-state index contributed by atoms with van der Waals surface area (Å²) in [7, 11) is -3.62. The highest BCUT2D eigenvalue weighted by atomic mass is 35.5. The van der Waals surface area contributed by atoms with E-state index in [2.05, 4.69) is 5.32 Å². The lowest BCUT2D eigenvalue weighted by Crippen LogP contribution is -2.33. The van der Waals surface area contributed by atoms with Gasteiger partial charge in [-0.3, -0.25) is 9.10 Å². The van der Waals surface area contributed by atoms with Gasteiger partial charge in [-0.1, -0.05) is 35.9 Å². The summed E-state index contributed by atoms with van der Waals surface area (Å²) < 4.78 is 38.5. The van der Waals surface area contributed by atoms with Gasteiger partial charge in [0.2, 0.25) is 15.9 Å². The Morgan fingerprint density at radius 1 is 1.17 bits per heavy atom. The topological polar surface area (TPSA) is 66.5 Å². The monoisotopic (exact) mass is 370 g/mol. The number of amides is 1. The van der Waals surface area contributed by atoms with Crippen molar-refractivity contribution in [1.29, 1.82) is 0 Å². The molecule has 0 radical (unpaired) electrons. The Morgan fingerprint density at radius 2 is 1.79 bits per heavy atom. The minimum absolute atomic E-state index is 0.0474. The molecule has 0 spiro atoms. The second-order valence-corrected chi connectivity index (χ2v) is 7.38. The van der Waals surface area contributed by atoms with Gasteiger partial charge < -0.3 is 5.32 Å². The predicted molar refractivity (Wildman–Crippen MR) is 93.3 cm³/mol. The first-order valence-corrected chi connectivity index (χ1v) is 9.28. The van der Waals surface area contributed by atoms with E-state index in [1.165, 1.54) is 18.2 Å². The molecule has 1 amide bonds. The quantitative estimate of drug-likeness (QED) is 0.848. The Hall–Kier alpha value is -2.12. The molecule has 0 saturated heterocycles. The maximum atomic E-state index is 13.5. The summed E-state index contributed by atoms with van der Waals surface area (Å²) in [5, 5.41) is 2.68. The third kappa shape index (κ3) is 4.69. The van der Waals surface area contributed by atoms with E-state index in [1.54, 1.807) is 30.3 Å². The Labute approximate surface area is 145 Å². The van der Waals surface area contributed by atoms with E-state index < -0.39 is 21.7 Å². The number of hydrogen-bond donors (Lipinski definition) is 1. The van der Waals surface area contributed by atoms with Gasteiger partial charge in [-0.25, -0.2) is 12.8 Å². The molecule has 24 heavy (non-hydrogen) atoms. The van der Waals surface area contributed by atoms with Crippen LogP contribution in [-0.2, 0) is 14.8 Å². The van der Waals surface area contributed by atoms with Gasteiger partial charge in [0.15, 0.2) is 0 Å². The van der Waals surface area contributed by atoms with Crippen molar-refractivity contribution in [1.82, 2.24) is 0 Å². The van der Waals surface area contributed by atoms with Crippen LogP contribution < -0.4 is 9.62 Å². The molecule has 0 aromatic heterocycles. The van der Waals surface area contributed by atoms with Crippen LogP contribution in [0, 0.1) is 5.82 Å². The zero-order chi connectivity index (χ0) is 17.7. The minimum atomic E-state index is -3.62. The van der Waals surface area contributed by atoms with Crippen LogP contribution in [0.25, 0.3) is 0 Å². The summed E-state index contributed by atoms with van der Waals surface area (Å²) in [6.45, 7) is -0.108. The lowest BCUT2D eigenvalue weighted by atomic mass is 10.3. The molecule has 8 heteroatoms. The number of hydrogen-bond acceptors (Lipinski definition) is 3. The van der Waals surface area contributed by atoms with Crippen LogP contribution in [0.5, 0.6) is 0 Å². The van der Waals surface area contributed by atoms with Crippen LogP contribution >= 0.6 is 11.6 Å². The first-order valence-electron chi connectivity index (χ1n) is 7.05. The highest BCUT2D eigenvalue weighted by Crippen LogP contribution is 2.27. The number of nitrogens with one attached hydrogen (secondary N) is 1. The lowest BCUT2D eigenvalue weighted by Gasteiger charge is -2.23. The molecule has 2 aromatic carbocycles. The Bertz CT molecular complexity index is 843. The van der Waals surface area contributed by atoms with Crippen LogP contribution in [-0.4, -0.2) is 27.1 Å². The van der Waals surface area contributed by atoms with Crippen molar-refractivity contribution < 1.29 is 17.6 Å². The van der Waals surface area contributed by atoms with Gasteiger partial charge in [0.05, 0.1) is 22.7 Å². The SMILES string of the molecule is CS(=O)(=O)N(CCC(=O)Nc1ccccc1F)c1ccccc1Cl. The third-order valence-corrected chi connectivity index (χ3v) is 4.71. The average molecular weight is 371 g/mol. The van der Waals surface area contributed by atoms with Gasteiger partial charge in [-0.2, -0.15) is 0 Å². The second-order valence-electron chi connectivity index (χ2n) is 5.06. The summed E-state index contributed by atoms with van der Waals surface area (Å²) in [4.78, 5) is 12.0. The molecule has 0 unspecified atom stereocenters. The average Bonchev–Trinajstić information content (AvgIpc) is 2.50. The molecule has 5 nitrogen and oxygen atoms in total. The van der Waals surface area contributed by atoms with Crippen molar-refractivity contribution in [3.63, 3.8) is 0 Å². The maximum Gasteiger partial charge on any atom is 0.232 e. The van der Waals surface area contributed by atoms with E-state index in [0.29, 0.717) is 5.69 Å². The van der Waals surface area contributed by atoms with E-state index >= 15 is 0 Å². The fourth-order valence-corrected chi connectivity index (χ4v) is 3.32. The standard InChI is InChI=1S/C16H16ClFN2O3S/c1-24(22,23)20(15-9-5-2-6-12(15)17)11-10-16(21)19-14-8-4-3-7-13(14)18/h2-9H,10-11H2,1H3,(H,19,21). The van der Waals surface area contributed by atoms with Crippen LogP contribution in [0.2, 0.25) is 5.02 Å². The number of nitrogens with zero attached hydrogens (tertiary/aromatic N) is 1. The summed E-state index contributed by atoms with van der Waals surface area (Å²) in [6, 6.07) is 12.2. The van der Waals surface area contributed by atoms with Gasteiger partial charge in [0, 0.05) is 13.0 Å². The molecule has 0 bridgehead atoms. The largest absolute Gasteiger partial charge is 0.324 e. The fourth-order valence-electron chi connectivity index (χ4n) is 2.10. The molecular weight excluding hydrogens is 355 g/mol. The first kappa shape index (κ1) is 18.2. The van der Waals surface area contributed by atoms with Gasteiger partial charge in [0.25, 0.3) is 0 Å². The molecular formula is C16H16ClFN2O3S. The molecule has 0 fully saturated rings. The Morgan fingerprint density at radius 3 is 2.42 bits per heavy atom. The van der Waals surface area contributed by atoms with Gasteiger partial charge in [-0.05, 0) is 24.3 Å². The van der Waals surface area contributed by atoms with Crippen molar-refractivity contribution in [3.05, 3.63) is 59.4 Å². The van der Waals surface area contributed by atoms with E-state index in [-0.39, 0.29) is 23.7 Å². The van der Waals surface area contributed by atoms with Crippen molar-refractivity contribution in [2.45, 2.75) is 6.42 Å². The van der Waals surface area contributed by atoms with Crippen molar-refractivity contribution in [3.8, 4) is 0 Å². The number of sulfonamides is 1. The molecule has 2 aromatic rings. The summed E-state index contributed by atoms with van der Waals surface area (Å²) in [5.74, 6) is -1.06. The maximum absolute atomic E-state index is 13.5. The van der Waals surface area contributed by atoms with Gasteiger partial charge >= 0.3 is 0 Å². The number of benzene rings is 2. The molecule has 0 aliphatic carbocycles. The first-order chi connectivity index (χ1) is 11.3. The van der Waals surface area contributed by atoms with Crippen molar-refractivity contribution in [2.24, 2.45) is 0 Å². The van der Waals surface area contributed by atoms with Crippen molar-refractivity contribution >= 4 is 38.9 Å². The Kier molecular flexibility index (Phi) is 5.80. The highest BCUT2D eigenvalue weighted by molar-refractivity contribution is 7.92. The molecule has 1 N–H and O–H groups in total. The summed E-state index contributed by atoms with van der Waals surface area (Å²) >= 11 is 6.03. The van der Waals surface area contributed by atoms with Crippen LogP contribution in [0.1, 0.15) is 6.42 Å². The van der Waals surface area contributed by atoms with Gasteiger partial charge in [0.1, 0.15) is 5.82 Å². The third-order valence-electron chi connectivity index (χ3n) is 3.21. The zero-order valence-electron chi connectivity index (χ0n) is 12.9. The Balaban J connectivity index is 2.10. The number of anilines is 2. The molecule has 2 rings (SSSR count). The van der Waals surface area contributed by atoms with E-state index in [4.69, 9.17) is 11.6 Å². The minimum Gasteiger partial charge on any atom is -0.324 e. The molecule has 0 aliphatic heterocycles. The van der Waals surface area contributed by atoms with Crippen LogP contribution in [0.4, 0.5) is 15.8 Å². The number of halogens is 2. The van der Waals surface area contributed by atoms with Crippen LogP contribution in [0.15, 0.2) is 48.5 Å². The second kappa shape index (κ2) is 7.63.